The minimum absolute atomic E-state index is 0.267. The molecule has 2 aromatic rings. The van der Waals surface area contributed by atoms with Crippen LogP contribution < -0.4 is 5.32 Å². The first-order chi connectivity index (χ1) is 8.63. The Kier molecular flexibility index (Phi) is 4.69. The number of aromatic nitrogens is 2. The van der Waals surface area contributed by atoms with E-state index >= 15 is 0 Å². The number of nitrogens with one attached hydrogen (secondary N) is 1. The summed E-state index contributed by atoms with van der Waals surface area (Å²) in [5.74, 6) is 0. The molecule has 1 aromatic heterocycles. The fourth-order valence-electron chi connectivity index (χ4n) is 1.72. The third-order valence-corrected chi connectivity index (χ3v) is 5.31. The molecule has 2 rings (SSSR count). The third-order valence-electron chi connectivity index (χ3n) is 2.74. The number of hydrogen-bond donors (Lipinski definition) is 1. The van der Waals surface area contributed by atoms with Crippen molar-refractivity contribution in [2.24, 2.45) is 0 Å². The molecular formula is C13H16IN3S. The summed E-state index contributed by atoms with van der Waals surface area (Å²) >= 11 is 4.04. The largest absolute Gasteiger partial charge is 0.308 e. The summed E-state index contributed by atoms with van der Waals surface area (Å²) in [7, 11) is 0. The summed E-state index contributed by atoms with van der Waals surface area (Å²) in [5, 5.41) is 14.0. The average molecular weight is 373 g/mol. The lowest BCUT2D eigenvalue weighted by Crippen LogP contribution is -2.17. The van der Waals surface area contributed by atoms with Crippen molar-refractivity contribution in [3.63, 3.8) is 0 Å². The van der Waals surface area contributed by atoms with Crippen LogP contribution in [0.3, 0.4) is 0 Å². The van der Waals surface area contributed by atoms with Crippen LogP contribution in [0.2, 0.25) is 0 Å². The van der Waals surface area contributed by atoms with Crippen molar-refractivity contribution in [2.45, 2.75) is 26.8 Å². The van der Waals surface area contributed by atoms with E-state index in [1.807, 2.05) is 0 Å². The maximum Gasteiger partial charge on any atom is 0.148 e. The second-order valence-electron chi connectivity index (χ2n) is 4.16. The van der Waals surface area contributed by atoms with Crippen LogP contribution in [-0.2, 0) is 0 Å². The van der Waals surface area contributed by atoms with Crippen molar-refractivity contribution >= 4 is 33.9 Å². The van der Waals surface area contributed by atoms with Crippen molar-refractivity contribution in [3.8, 4) is 10.6 Å². The molecule has 96 valence electrons. The molecule has 0 aliphatic carbocycles. The lowest BCUT2D eigenvalue weighted by molar-refractivity contribution is 0.590. The van der Waals surface area contributed by atoms with Crippen LogP contribution in [-0.4, -0.2) is 16.7 Å². The number of aryl methyl sites for hydroxylation is 1. The summed E-state index contributed by atoms with van der Waals surface area (Å²) in [6.45, 7) is 7.28. The van der Waals surface area contributed by atoms with Crippen LogP contribution in [0, 0.1) is 10.5 Å². The highest BCUT2D eigenvalue weighted by Crippen LogP contribution is 2.31. The van der Waals surface area contributed by atoms with E-state index in [9.17, 15) is 0 Å². The summed E-state index contributed by atoms with van der Waals surface area (Å²) in [4.78, 5) is 0. The second kappa shape index (κ2) is 6.08. The molecule has 0 bridgehead atoms. The molecule has 3 nitrogen and oxygen atoms in total. The fourth-order valence-corrected chi connectivity index (χ4v) is 3.42. The normalized spacial score (nSPS) is 12.7. The number of hydrogen-bond acceptors (Lipinski definition) is 4. The highest BCUT2D eigenvalue weighted by Gasteiger charge is 2.14. The van der Waals surface area contributed by atoms with Crippen LogP contribution in [0.15, 0.2) is 18.2 Å². The molecule has 1 N–H and O–H groups in total. The molecule has 5 heteroatoms. The lowest BCUT2D eigenvalue weighted by Gasteiger charge is -2.06. The summed E-state index contributed by atoms with van der Waals surface area (Å²) in [6.07, 6.45) is 0. The maximum absolute atomic E-state index is 4.32. The monoisotopic (exact) mass is 373 g/mol. The first kappa shape index (κ1) is 13.9. The van der Waals surface area contributed by atoms with Gasteiger partial charge in [-0.2, -0.15) is 0 Å². The fraction of sp³-hybridized carbons (Fsp3) is 0.385. The molecule has 0 radical (unpaired) electrons. The Morgan fingerprint density at radius 1 is 1.39 bits per heavy atom. The zero-order valence-electron chi connectivity index (χ0n) is 10.7. The summed E-state index contributed by atoms with van der Waals surface area (Å²) in [5.41, 5.74) is 2.47. The smallest absolute Gasteiger partial charge is 0.148 e. The number of halogens is 1. The molecule has 1 atom stereocenters. The maximum atomic E-state index is 4.32. The van der Waals surface area contributed by atoms with Gasteiger partial charge in [0, 0.05) is 9.13 Å². The van der Waals surface area contributed by atoms with E-state index in [1.165, 1.54) is 14.7 Å². The van der Waals surface area contributed by atoms with E-state index in [-0.39, 0.29) is 6.04 Å². The van der Waals surface area contributed by atoms with Crippen molar-refractivity contribution in [1.29, 1.82) is 0 Å². The van der Waals surface area contributed by atoms with Gasteiger partial charge < -0.3 is 5.32 Å². The zero-order valence-corrected chi connectivity index (χ0v) is 13.7. The SMILES string of the molecule is CCNC(C)c1nnc(-c2cccc(C)c2I)s1. The molecule has 0 fully saturated rings. The highest BCUT2D eigenvalue weighted by molar-refractivity contribution is 14.1. The van der Waals surface area contributed by atoms with Crippen LogP contribution in [0.25, 0.3) is 10.6 Å². The quantitative estimate of drug-likeness (QED) is 0.829. The molecule has 18 heavy (non-hydrogen) atoms. The molecule has 0 amide bonds. The number of nitrogens with zero attached hydrogens (tertiary/aromatic N) is 2. The molecule has 0 aliphatic heterocycles. The third kappa shape index (κ3) is 2.89. The molecule has 1 aromatic carbocycles. The Hall–Kier alpha value is -0.530. The minimum atomic E-state index is 0.267. The van der Waals surface area contributed by atoms with Gasteiger partial charge in [0.25, 0.3) is 0 Å². The predicted octanol–water partition coefficient (Wildman–Crippen LogP) is 3.79. The van der Waals surface area contributed by atoms with Gasteiger partial charge in [0.2, 0.25) is 0 Å². The standard InChI is InChI=1S/C13H16IN3S/c1-4-15-9(3)12-16-17-13(18-12)10-7-5-6-8(2)11(10)14/h5-7,9,15H,4H2,1-3H3. The molecule has 0 spiro atoms. The zero-order chi connectivity index (χ0) is 13.1. The van der Waals surface area contributed by atoms with E-state index in [2.05, 4.69) is 77.1 Å². The van der Waals surface area contributed by atoms with Gasteiger partial charge in [-0.15, -0.1) is 10.2 Å². The van der Waals surface area contributed by atoms with Gasteiger partial charge in [-0.3, -0.25) is 0 Å². The topological polar surface area (TPSA) is 37.8 Å². The van der Waals surface area contributed by atoms with Gasteiger partial charge in [-0.1, -0.05) is 36.5 Å². The van der Waals surface area contributed by atoms with Gasteiger partial charge in [-0.25, -0.2) is 0 Å². The van der Waals surface area contributed by atoms with Crippen molar-refractivity contribution < 1.29 is 0 Å². The molecule has 1 unspecified atom stereocenters. The Labute approximate surface area is 125 Å². The van der Waals surface area contributed by atoms with Gasteiger partial charge in [0.1, 0.15) is 10.0 Å². The van der Waals surface area contributed by atoms with Crippen LogP contribution in [0.5, 0.6) is 0 Å². The first-order valence-corrected chi connectivity index (χ1v) is 7.85. The van der Waals surface area contributed by atoms with Gasteiger partial charge in [-0.05, 0) is 48.5 Å². The molecule has 1 heterocycles. The van der Waals surface area contributed by atoms with Gasteiger partial charge in [0.15, 0.2) is 0 Å². The average Bonchev–Trinajstić information content (AvgIpc) is 2.82. The van der Waals surface area contributed by atoms with Crippen molar-refractivity contribution in [1.82, 2.24) is 15.5 Å². The Morgan fingerprint density at radius 3 is 2.89 bits per heavy atom. The molecule has 0 aliphatic rings. The van der Waals surface area contributed by atoms with Crippen LogP contribution >= 0.6 is 33.9 Å². The van der Waals surface area contributed by atoms with E-state index in [1.54, 1.807) is 11.3 Å². The highest BCUT2D eigenvalue weighted by atomic mass is 127. The van der Waals surface area contributed by atoms with Crippen LogP contribution in [0.1, 0.15) is 30.5 Å². The Morgan fingerprint density at radius 2 is 2.17 bits per heavy atom. The number of rotatable bonds is 4. The Balaban J connectivity index is 2.32. The Bertz CT molecular complexity index is 539. The summed E-state index contributed by atoms with van der Waals surface area (Å²) < 4.78 is 1.26. The lowest BCUT2D eigenvalue weighted by atomic mass is 10.1. The molecule has 0 saturated heterocycles. The van der Waals surface area contributed by atoms with E-state index in [0.29, 0.717) is 0 Å². The van der Waals surface area contributed by atoms with Gasteiger partial charge >= 0.3 is 0 Å². The van der Waals surface area contributed by atoms with E-state index in [4.69, 9.17) is 0 Å². The van der Waals surface area contributed by atoms with Crippen LogP contribution in [0.4, 0.5) is 0 Å². The predicted molar refractivity (Wildman–Crippen MR) is 84.9 cm³/mol. The second-order valence-corrected chi connectivity index (χ2v) is 6.25. The van der Waals surface area contributed by atoms with E-state index < -0.39 is 0 Å². The first-order valence-electron chi connectivity index (χ1n) is 5.95. The minimum Gasteiger partial charge on any atom is -0.308 e. The molecule has 0 saturated carbocycles. The molecular weight excluding hydrogens is 357 g/mol. The van der Waals surface area contributed by atoms with Gasteiger partial charge in [0.05, 0.1) is 6.04 Å². The van der Waals surface area contributed by atoms with Crippen molar-refractivity contribution in [2.75, 3.05) is 6.54 Å². The van der Waals surface area contributed by atoms with Crippen molar-refractivity contribution in [3.05, 3.63) is 32.3 Å². The van der Waals surface area contributed by atoms with E-state index in [0.717, 1.165) is 16.6 Å². The summed E-state index contributed by atoms with van der Waals surface area (Å²) in [6, 6.07) is 6.57. The number of benzene rings is 1.